The van der Waals surface area contributed by atoms with Gasteiger partial charge < -0.3 is 14.7 Å². The van der Waals surface area contributed by atoms with Crippen molar-refractivity contribution >= 4 is 11.9 Å². The van der Waals surface area contributed by atoms with E-state index in [0.717, 1.165) is 12.3 Å². The van der Waals surface area contributed by atoms with Crippen LogP contribution in [0.5, 0.6) is 0 Å². The van der Waals surface area contributed by atoms with Crippen molar-refractivity contribution in [1.82, 2.24) is 4.90 Å². The van der Waals surface area contributed by atoms with Crippen LogP contribution in [0.1, 0.15) is 44.9 Å². The number of hydrogen-bond donors (Lipinski definition) is 1. The number of nitrogens with zero attached hydrogens (tertiary/aromatic N) is 1. The number of likely N-dealkylation sites (tertiary alicyclic amines) is 1. The van der Waals surface area contributed by atoms with E-state index in [1.165, 1.54) is 32.1 Å². The highest BCUT2D eigenvalue weighted by atomic mass is 16.5. The highest BCUT2D eigenvalue weighted by Crippen LogP contribution is 2.51. The van der Waals surface area contributed by atoms with Gasteiger partial charge in [0.15, 0.2) is 0 Å². The second-order valence-electron chi connectivity index (χ2n) is 8.11. The molecule has 2 aliphatic heterocycles. The molecule has 2 saturated carbocycles. The fraction of sp³-hybridized carbons (Fsp3) is 0.889. The van der Waals surface area contributed by atoms with Crippen molar-refractivity contribution in [2.75, 3.05) is 26.3 Å². The molecule has 128 valence electrons. The molecule has 23 heavy (non-hydrogen) atoms. The summed E-state index contributed by atoms with van der Waals surface area (Å²) < 4.78 is 5.48. The van der Waals surface area contributed by atoms with E-state index < -0.39 is 11.4 Å². The second kappa shape index (κ2) is 5.76. The summed E-state index contributed by atoms with van der Waals surface area (Å²) in [5, 5.41) is 9.72. The van der Waals surface area contributed by atoms with Gasteiger partial charge in [-0.25, -0.2) is 0 Å². The van der Waals surface area contributed by atoms with Gasteiger partial charge in [-0.05, 0) is 24.7 Å². The van der Waals surface area contributed by atoms with Gasteiger partial charge in [0.25, 0.3) is 0 Å². The monoisotopic (exact) mass is 321 g/mol. The molecule has 0 bridgehead atoms. The molecule has 4 fully saturated rings. The number of rotatable bonds is 3. The molecule has 1 N–H and O–H groups in total. The summed E-state index contributed by atoms with van der Waals surface area (Å²) >= 11 is 0. The third-order valence-corrected chi connectivity index (χ3v) is 6.86. The normalized spacial score (nSPS) is 40.7. The zero-order valence-corrected chi connectivity index (χ0v) is 13.7. The third kappa shape index (κ3) is 2.57. The maximum atomic E-state index is 12.9. The first kappa shape index (κ1) is 15.4. The standard InChI is InChI=1S/C18H27NO4/c20-16(15-8-14(15)12-4-2-1-3-5-12)19-9-13-10-23-7-6-18(13,11-19)17(21)22/h12-15H,1-11H2,(H,21,22)/t13-,14?,15?,18+/m0/s1. The molecular formula is C18H27NO4. The molecule has 0 radical (unpaired) electrons. The number of amides is 1. The number of ether oxygens (including phenoxy) is 1. The van der Waals surface area contributed by atoms with Crippen molar-refractivity contribution in [2.45, 2.75) is 44.9 Å². The summed E-state index contributed by atoms with van der Waals surface area (Å²) in [6.07, 6.45) is 8.10. The van der Waals surface area contributed by atoms with Crippen molar-refractivity contribution in [3.63, 3.8) is 0 Å². The molecule has 4 rings (SSSR count). The lowest BCUT2D eigenvalue weighted by atomic mass is 9.74. The van der Waals surface area contributed by atoms with Gasteiger partial charge in [0.2, 0.25) is 5.91 Å². The van der Waals surface area contributed by atoms with Crippen LogP contribution >= 0.6 is 0 Å². The second-order valence-corrected chi connectivity index (χ2v) is 8.11. The maximum Gasteiger partial charge on any atom is 0.311 e. The van der Waals surface area contributed by atoms with Gasteiger partial charge in [0.05, 0.1) is 12.0 Å². The zero-order valence-electron chi connectivity index (χ0n) is 13.7. The fourth-order valence-corrected chi connectivity index (χ4v) is 5.28. The Bertz CT molecular complexity index is 501. The molecular weight excluding hydrogens is 294 g/mol. The molecule has 0 spiro atoms. The van der Waals surface area contributed by atoms with Crippen LogP contribution in [0.4, 0.5) is 0 Å². The number of carboxylic acids is 1. The van der Waals surface area contributed by atoms with Gasteiger partial charge in [-0.3, -0.25) is 9.59 Å². The molecule has 4 atom stereocenters. The first-order valence-electron chi connectivity index (χ1n) is 9.22. The summed E-state index contributed by atoms with van der Waals surface area (Å²) in [5.41, 5.74) is -0.761. The Morgan fingerprint density at radius 1 is 1.17 bits per heavy atom. The van der Waals surface area contributed by atoms with Crippen molar-refractivity contribution < 1.29 is 19.4 Å². The smallest absolute Gasteiger partial charge is 0.311 e. The van der Waals surface area contributed by atoms with Crippen molar-refractivity contribution in [1.29, 1.82) is 0 Å². The zero-order chi connectivity index (χ0) is 16.0. The molecule has 1 amide bonds. The van der Waals surface area contributed by atoms with Crippen molar-refractivity contribution in [3.05, 3.63) is 0 Å². The summed E-state index contributed by atoms with van der Waals surface area (Å²) in [6, 6.07) is 0. The lowest BCUT2D eigenvalue weighted by Crippen LogP contribution is -2.45. The average Bonchev–Trinajstić information content (AvgIpc) is 3.27. The first-order chi connectivity index (χ1) is 11.1. The lowest BCUT2D eigenvalue weighted by Gasteiger charge is -2.33. The van der Waals surface area contributed by atoms with Crippen LogP contribution < -0.4 is 0 Å². The number of carbonyl (C=O) groups is 2. The predicted octanol–water partition coefficient (Wildman–Crippen LogP) is 2.15. The van der Waals surface area contributed by atoms with Crippen molar-refractivity contribution in [2.24, 2.45) is 29.1 Å². The quantitative estimate of drug-likeness (QED) is 0.865. The molecule has 5 heteroatoms. The van der Waals surface area contributed by atoms with Crippen LogP contribution in [0.25, 0.3) is 0 Å². The minimum Gasteiger partial charge on any atom is -0.481 e. The van der Waals surface area contributed by atoms with Gasteiger partial charge in [0, 0.05) is 31.5 Å². The van der Waals surface area contributed by atoms with Crippen LogP contribution in [0.15, 0.2) is 0 Å². The van der Waals surface area contributed by atoms with Crippen LogP contribution in [-0.2, 0) is 14.3 Å². The molecule has 2 unspecified atom stereocenters. The minimum absolute atomic E-state index is 0.0374. The number of carboxylic acid groups (broad SMARTS) is 1. The van der Waals surface area contributed by atoms with Crippen molar-refractivity contribution in [3.8, 4) is 0 Å². The van der Waals surface area contributed by atoms with E-state index in [-0.39, 0.29) is 17.7 Å². The number of aliphatic carboxylic acids is 1. The van der Waals surface area contributed by atoms with Crippen LogP contribution in [0, 0.1) is 29.1 Å². The molecule has 2 heterocycles. The minimum atomic E-state index is -0.761. The Balaban J connectivity index is 1.41. The van der Waals surface area contributed by atoms with Gasteiger partial charge in [-0.2, -0.15) is 0 Å². The summed E-state index contributed by atoms with van der Waals surface area (Å²) in [6.45, 7) is 1.94. The largest absolute Gasteiger partial charge is 0.481 e. The fourth-order valence-electron chi connectivity index (χ4n) is 5.28. The molecule has 0 aromatic heterocycles. The van der Waals surface area contributed by atoms with Crippen LogP contribution in [0.3, 0.4) is 0 Å². The van der Waals surface area contributed by atoms with E-state index in [1.807, 2.05) is 4.90 Å². The molecule has 2 aliphatic carbocycles. The van der Waals surface area contributed by atoms with Gasteiger partial charge >= 0.3 is 5.97 Å². The molecule has 2 saturated heterocycles. The Hall–Kier alpha value is -1.10. The van der Waals surface area contributed by atoms with Crippen LogP contribution in [0.2, 0.25) is 0 Å². The maximum absolute atomic E-state index is 12.9. The summed E-state index contributed by atoms with van der Waals surface area (Å²) in [4.78, 5) is 26.5. The Morgan fingerprint density at radius 2 is 1.96 bits per heavy atom. The predicted molar refractivity (Wildman–Crippen MR) is 83.7 cm³/mol. The highest BCUT2D eigenvalue weighted by molar-refractivity contribution is 5.84. The van der Waals surface area contributed by atoms with E-state index in [4.69, 9.17) is 4.74 Å². The van der Waals surface area contributed by atoms with E-state index in [2.05, 4.69) is 0 Å². The summed E-state index contributed by atoms with van der Waals surface area (Å²) in [7, 11) is 0. The highest BCUT2D eigenvalue weighted by Gasteiger charge is 2.57. The van der Waals surface area contributed by atoms with Gasteiger partial charge in [-0.15, -0.1) is 0 Å². The number of fused-ring (bicyclic) bond motifs is 1. The summed E-state index contributed by atoms with van der Waals surface area (Å²) in [5.74, 6) is 0.910. The third-order valence-electron chi connectivity index (χ3n) is 6.86. The number of carbonyl (C=O) groups excluding carboxylic acids is 1. The Labute approximate surface area is 137 Å². The Kier molecular flexibility index (Phi) is 3.87. The first-order valence-corrected chi connectivity index (χ1v) is 9.22. The van der Waals surface area contributed by atoms with E-state index >= 15 is 0 Å². The average molecular weight is 321 g/mol. The SMILES string of the molecule is O=C(C1CC1C1CCCCC1)N1C[C@H]2COCC[C@@]2(C(=O)O)C1. The Morgan fingerprint density at radius 3 is 2.65 bits per heavy atom. The molecule has 4 aliphatic rings. The number of hydrogen-bond acceptors (Lipinski definition) is 3. The molecule has 5 nitrogen and oxygen atoms in total. The van der Waals surface area contributed by atoms with E-state index in [9.17, 15) is 14.7 Å². The lowest BCUT2D eigenvalue weighted by molar-refractivity contribution is -0.157. The van der Waals surface area contributed by atoms with Gasteiger partial charge in [-0.1, -0.05) is 32.1 Å². The molecule has 0 aromatic rings. The topological polar surface area (TPSA) is 66.8 Å². The van der Waals surface area contributed by atoms with Gasteiger partial charge in [0.1, 0.15) is 0 Å². The van der Waals surface area contributed by atoms with Crippen LogP contribution in [-0.4, -0.2) is 48.2 Å². The van der Waals surface area contributed by atoms with E-state index in [1.54, 1.807) is 0 Å². The molecule has 0 aromatic carbocycles. The van der Waals surface area contributed by atoms with E-state index in [0.29, 0.717) is 38.6 Å².